The molecule has 2 aromatic carbocycles. The lowest BCUT2D eigenvalue weighted by Gasteiger charge is -2.19. The van der Waals surface area contributed by atoms with E-state index in [0.717, 1.165) is 29.0 Å². The lowest BCUT2D eigenvalue weighted by Crippen LogP contribution is -2.07. The van der Waals surface area contributed by atoms with Crippen LogP contribution in [0, 0.1) is 0 Å². The number of hydrogen-bond acceptors (Lipinski definition) is 5. The third kappa shape index (κ3) is 5.03. The predicted molar refractivity (Wildman–Crippen MR) is 112 cm³/mol. The second kappa shape index (κ2) is 10.1. The Morgan fingerprint density at radius 2 is 1.36 bits per heavy atom. The van der Waals surface area contributed by atoms with E-state index >= 15 is 0 Å². The van der Waals surface area contributed by atoms with Crippen molar-refractivity contribution in [1.82, 2.24) is 0 Å². The van der Waals surface area contributed by atoms with Crippen LogP contribution in [-0.4, -0.2) is 35.0 Å². The number of ether oxygens (including phenoxy) is 5. The Morgan fingerprint density at radius 1 is 0.750 bits per heavy atom. The summed E-state index contributed by atoms with van der Waals surface area (Å²) in [5.41, 5.74) is 2.28. The second-order valence-electron chi connectivity index (χ2n) is 7.06. The van der Waals surface area contributed by atoms with Crippen LogP contribution in [0.25, 0.3) is 0 Å². The summed E-state index contributed by atoms with van der Waals surface area (Å²) < 4.78 is 28.0. The summed E-state index contributed by atoms with van der Waals surface area (Å²) in [4.78, 5) is 0. The average molecular weight is 389 g/mol. The molecule has 2 rings (SSSR count). The van der Waals surface area contributed by atoms with E-state index in [-0.39, 0.29) is 5.92 Å². The van der Waals surface area contributed by atoms with Gasteiger partial charge in [-0.2, -0.15) is 0 Å². The molecule has 0 aliphatic heterocycles. The van der Waals surface area contributed by atoms with Gasteiger partial charge in [-0.3, -0.25) is 0 Å². The molecular weight excluding hydrogens is 356 g/mol. The van der Waals surface area contributed by atoms with Crippen molar-refractivity contribution in [3.05, 3.63) is 41.5 Å². The first-order valence-electron chi connectivity index (χ1n) is 9.55. The largest absolute Gasteiger partial charge is 0.497 e. The van der Waals surface area contributed by atoms with Crippen LogP contribution in [0.5, 0.6) is 28.7 Å². The zero-order valence-electron chi connectivity index (χ0n) is 18.0. The molecule has 154 valence electrons. The Labute approximate surface area is 168 Å². The summed E-state index contributed by atoms with van der Waals surface area (Å²) >= 11 is 0. The lowest BCUT2D eigenvalue weighted by molar-refractivity contribution is 0.263. The van der Waals surface area contributed by atoms with Gasteiger partial charge in [0.15, 0.2) is 11.5 Å². The standard InChI is InChI=1S/C23H32O5/c1-15(2)17-12-21(26-6)23(22(13-17)27-7)28-11-10-16(3)19-9-8-18(24-4)14-20(19)25-5/h8-9,12-16H,10-11H2,1-7H3. The molecule has 0 radical (unpaired) electrons. The summed E-state index contributed by atoms with van der Waals surface area (Å²) in [5, 5.41) is 0. The summed E-state index contributed by atoms with van der Waals surface area (Å²) in [6.07, 6.45) is 0.820. The molecule has 0 N–H and O–H groups in total. The van der Waals surface area contributed by atoms with Crippen LogP contribution in [0.1, 0.15) is 50.2 Å². The van der Waals surface area contributed by atoms with E-state index in [4.69, 9.17) is 23.7 Å². The molecule has 0 fully saturated rings. The maximum absolute atomic E-state index is 6.08. The smallest absolute Gasteiger partial charge is 0.203 e. The SMILES string of the molecule is COc1ccc(C(C)CCOc2c(OC)cc(C(C)C)cc2OC)c(OC)c1. The molecule has 1 atom stereocenters. The van der Waals surface area contributed by atoms with Crippen molar-refractivity contribution < 1.29 is 23.7 Å². The van der Waals surface area contributed by atoms with Gasteiger partial charge < -0.3 is 23.7 Å². The molecule has 2 aromatic rings. The Kier molecular flexibility index (Phi) is 7.85. The highest BCUT2D eigenvalue weighted by molar-refractivity contribution is 5.54. The van der Waals surface area contributed by atoms with Gasteiger partial charge in [-0.25, -0.2) is 0 Å². The molecule has 0 aliphatic carbocycles. The monoisotopic (exact) mass is 388 g/mol. The minimum atomic E-state index is 0.257. The Balaban J connectivity index is 2.12. The summed E-state index contributed by atoms with van der Waals surface area (Å²) in [5.74, 6) is 4.26. The van der Waals surface area contributed by atoms with Gasteiger partial charge in [0.05, 0.1) is 35.0 Å². The van der Waals surface area contributed by atoms with Gasteiger partial charge in [-0.1, -0.05) is 26.8 Å². The van der Waals surface area contributed by atoms with E-state index in [1.807, 2.05) is 30.3 Å². The quantitative estimate of drug-likeness (QED) is 0.544. The van der Waals surface area contributed by atoms with Crippen molar-refractivity contribution in [2.24, 2.45) is 0 Å². The molecule has 0 aliphatic rings. The third-order valence-electron chi connectivity index (χ3n) is 4.92. The Hall–Kier alpha value is -2.56. The van der Waals surface area contributed by atoms with Gasteiger partial charge >= 0.3 is 0 Å². The van der Waals surface area contributed by atoms with E-state index in [2.05, 4.69) is 20.8 Å². The average Bonchev–Trinajstić information content (AvgIpc) is 2.72. The van der Waals surface area contributed by atoms with Crippen molar-refractivity contribution in [3.63, 3.8) is 0 Å². The van der Waals surface area contributed by atoms with Crippen LogP contribution in [0.3, 0.4) is 0 Å². The minimum absolute atomic E-state index is 0.257. The molecule has 0 saturated heterocycles. The van der Waals surface area contributed by atoms with E-state index in [1.54, 1.807) is 28.4 Å². The zero-order chi connectivity index (χ0) is 20.7. The normalized spacial score (nSPS) is 11.9. The maximum Gasteiger partial charge on any atom is 0.203 e. The van der Waals surface area contributed by atoms with Crippen LogP contribution in [0.15, 0.2) is 30.3 Å². The van der Waals surface area contributed by atoms with Gasteiger partial charge in [0.1, 0.15) is 11.5 Å². The van der Waals surface area contributed by atoms with E-state index < -0.39 is 0 Å². The first-order valence-corrected chi connectivity index (χ1v) is 9.55. The number of benzene rings is 2. The summed E-state index contributed by atoms with van der Waals surface area (Å²) in [6, 6.07) is 9.92. The molecule has 0 amide bonds. The van der Waals surface area contributed by atoms with E-state index in [9.17, 15) is 0 Å². The first-order chi connectivity index (χ1) is 13.4. The van der Waals surface area contributed by atoms with Crippen LogP contribution in [-0.2, 0) is 0 Å². The summed E-state index contributed by atoms with van der Waals surface area (Å²) in [6.45, 7) is 6.96. The lowest BCUT2D eigenvalue weighted by atomic mass is 9.97. The second-order valence-corrected chi connectivity index (χ2v) is 7.06. The molecule has 0 saturated carbocycles. The van der Waals surface area contributed by atoms with Gasteiger partial charge in [-0.05, 0) is 47.6 Å². The van der Waals surface area contributed by atoms with Gasteiger partial charge in [-0.15, -0.1) is 0 Å². The van der Waals surface area contributed by atoms with Crippen LogP contribution in [0.4, 0.5) is 0 Å². The van der Waals surface area contributed by atoms with E-state index in [0.29, 0.717) is 29.8 Å². The van der Waals surface area contributed by atoms with E-state index in [1.165, 1.54) is 0 Å². The molecule has 1 unspecified atom stereocenters. The molecule has 0 heterocycles. The van der Waals surface area contributed by atoms with Crippen molar-refractivity contribution in [3.8, 4) is 28.7 Å². The molecule has 28 heavy (non-hydrogen) atoms. The Bertz CT molecular complexity index is 745. The van der Waals surface area contributed by atoms with Crippen LogP contribution in [0.2, 0.25) is 0 Å². The fraction of sp³-hybridized carbons (Fsp3) is 0.478. The van der Waals surface area contributed by atoms with Crippen molar-refractivity contribution in [2.75, 3.05) is 35.0 Å². The van der Waals surface area contributed by atoms with Crippen molar-refractivity contribution >= 4 is 0 Å². The minimum Gasteiger partial charge on any atom is -0.497 e. The number of hydrogen-bond donors (Lipinski definition) is 0. The molecule has 0 bridgehead atoms. The highest BCUT2D eigenvalue weighted by atomic mass is 16.5. The van der Waals surface area contributed by atoms with Crippen molar-refractivity contribution in [1.29, 1.82) is 0 Å². The molecule has 5 heteroatoms. The number of rotatable bonds is 10. The maximum atomic E-state index is 6.08. The van der Waals surface area contributed by atoms with Gasteiger partial charge in [0, 0.05) is 6.07 Å². The topological polar surface area (TPSA) is 46.2 Å². The zero-order valence-corrected chi connectivity index (χ0v) is 18.0. The van der Waals surface area contributed by atoms with Crippen molar-refractivity contribution in [2.45, 2.75) is 39.0 Å². The van der Waals surface area contributed by atoms with Crippen LogP contribution >= 0.6 is 0 Å². The van der Waals surface area contributed by atoms with Gasteiger partial charge in [0.2, 0.25) is 5.75 Å². The number of methoxy groups -OCH3 is 4. The van der Waals surface area contributed by atoms with Gasteiger partial charge in [0.25, 0.3) is 0 Å². The summed E-state index contributed by atoms with van der Waals surface area (Å²) in [7, 11) is 6.62. The third-order valence-corrected chi connectivity index (χ3v) is 4.92. The predicted octanol–water partition coefficient (Wildman–Crippen LogP) is 5.42. The Morgan fingerprint density at radius 3 is 1.86 bits per heavy atom. The molecule has 0 aromatic heterocycles. The highest BCUT2D eigenvalue weighted by Gasteiger charge is 2.17. The fourth-order valence-electron chi connectivity index (χ4n) is 3.09. The first kappa shape index (κ1) is 21.7. The molecule has 0 spiro atoms. The van der Waals surface area contributed by atoms with Crippen LogP contribution < -0.4 is 23.7 Å². The highest BCUT2D eigenvalue weighted by Crippen LogP contribution is 2.41. The molecular formula is C23H32O5. The molecule has 5 nitrogen and oxygen atoms in total. The fourth-order valence-corrected chi connectivity index (χ4v) is 3.09.